The molecule has 1 N–H and O–H groups in total. The molecule has 0 aliphatic carbocycles. The molecule has 0 saturated heterocycles. The van der Waals surface area contributed by atoms with Crippen molar-refractivity contribution in [2.45, 2.75) is 20.3 Å². The second-order valence-corrected chi connectivity index (χ2v) is 4.16. The fraction of sp³-hybridized carbons (Fsp3) is 0.500. The molecule has 0 amide bonds. The molecule has 0 radical (unpaired) electrons. The fourth-order valence-electron chi connectivity index (χ4n) is 1.69. The number of benzene rings is 1. The predicted octanol–water partition coefficient (Wildman–Crippen LogP) is 2.05. The van der Waals surface area contributed by atoms with Crippen LogP contribution in [-0.4, -0.2) is 26.0 Å². The Bertz CT molecular complexity index is 363. The van der Waals surface area contributed by atoms with Crippen molar-refractivity contribution < 1.29 is 9.53 Å². The molecule has 3 heteroatoms. The molecular weight excluding hydrogens is 214 g/mol. The third-order valence-electron chi connectivity index (χ3n) is 2.81. The number of nitrogens with one attached hydrogen (secondary N) is 1. The molecule has 0 aromatic heterocycles. The Kier molecular flexibility index (Phi) is 5.70. The molecule has 17 heavy (non-hydrogen) atoms. The van der Waals surface area contributed by atoms with Crippen LogP contribution < -0.4 is 10.1 Å². The van der Waals surface area contributed by atoms with E-state index in [1.165, 1.54) is 0 Å². The number of para-hydroxylation sites is 1. The van der Waals surface area contributed by atoms with E-state index < -0.39 is 0 Å². The van der Waals surface area contributed by atoms with Gasteiger partial charge in [0.15, 0.2) is 0 Å². The number of hydrogen-bond acceptors (Lipinski definition) is 3. The Hall–Kier alpha value is -1.35. The monoisotopic (exact) mass is 235 g/mol. The number of methoxy groups -OCH3 is 1. The molecule has 0 spiro atoms. The Labute approximate surface area is 103 Å². The van der Waals surface area contributed by atoms with Gasteiger partial charge >= 0.3 is 0 Å². The van der Waals surface area contributed by atoms with Crippen LogP contribution in [0.4, 0.5) is 0 Å². The summed E-state index contributed by atoms with van der Waals surface area (Å²) in [6.07, 6.45) is 0.441. The van der Waals surface area contributed by atoms with Crippen LogP contribution in [0.3, 0.4) is 0 Å². The summed E-state index contributed by atoms with van der Waals surface area (Å²) in [6.45, 7) is 5.63. The minimum Gasteiger partial charge on any atom is -0.496 e. The van der Waals surface area contributed by atoms with Crippen molar-refractivity contribution in [3.8, 4) is 5.75 Å². The van der Waals surface area contributed by atoms with E-state index in [-0.39, 0.29) is 11.7 Å². The van der Waals surface area contributed by atoms with E-state index in [2.05, 4.69) is 5.32 Å². The summed E-state index contributed by atoms with van der Waals surface area (Å²) in [4.78, 5) is 12.0. The Morgan fingerprint density at radius 1 is 1.41 bits per heavy atom. The normalized spacial score (nSPS) is 12.2. The molecule has 1 atom stereocenters. The first-order valence-corrected chi connectivity index (χ1v) is 6.04. The zero-order valence-corrected chi connectivity index (χ0v) is 10.8. The minimum absolute atomic E-state index is 0.0415. The van der Waals surface area contributed by atoms with Crippen LogP contribution in [0.1, 0.15) is 19.4 Å². The number of ketones is 1. The molecule has 0 aliphatic heterocycles. The molecule has 3 nitrogen and oxygen atoms in total. The second kappa shape index (κ2) is 7.07. The summed E-state index contributed by atoms with van der Waals surface area (Å²) >= 11 is 0. The van der Waals surface area contributed by atoms with Crippen LogP contribution in [-0.2, 0) is 11.2 Å². The lowest BCUT2D eigenvalue weighted by Gasteiger charge is -2.12. The van der Waals surface area contributed by atoms with Crippen LogP contribution in [0.15, 0.2) is 24.3 Å². The molecule has 1 rings (SSSR count). The lowest BCUT2D eigenvalue weighted by Crippen LogP contribution is -2.27. The maximum absolute atomic E-state index is 12.0. The SMILES string of the molecule is CCNCC(C)C(=O)Cc1ccccc1OC. The van der Waals surface area contributed by atoms with Gasteiger partial charge in [-0.15, -0.1) is 0 Å². The molecule has 0 bridgehead atoms. The van der Waals surface area contributed by atoms with Crippen molar-refractivity contribution in [1.82, 2.24) is 5.32 Å². The lowest BCUT2D eigenvalue weighted by molar-refractivity contribution is -0.121. The van der Waals surface area contributed by atoms with Crippen LogP contribution in [0.25, 0.3) is 0 Å². The number of carbonyl (C=O) groups excluding carboxylic acids is 1. The number of rotatable bonds is 7. The maximum atomic E-state index is 12.0. The molecule has 94 valence electrons. The summed E-state index contributed by atoms with van der Waals surface area (Å²) in [5, 5.41) is 3.19. The topological polar surface area (TPSA) is 38.3 Å². The lowest BCUT2D eigenvalue weighted by atomic mass is 9.99. The van der Waals surface area contributed by atoms with Gasteiger partial charge in [0, 0.05) is 24.4 Å². The highest BCUT2D eigenvalue weighted by Crippen LogP contribution is 2.19. The van der Waals surface area contributed by atoms with Crippen LogP contribution in [0.2, 0.25) is 0 Å². The average Bonchev–Trinajstić information content (AvgIpc) is 2.36. The van der Waals surface area contributed by atoms with Gasteiger partial charge < -0.3 is 10.1 Å². The largest absolute Gasteiger partial charge is 0.496 e. The predicted molar refractivity (Wildman–Crippen MR) is 69.4 cm³/mol. The van der Waals surface area contributed by atoms with Crippen molar-refractivity contribution in [1.29, 1.82) is 0 Å². The average molecular weight is 235 g/mol. The van der Waals surface area contributed by atoms with Crippen LogP contribution >= 0.6 is 0 Å². The van der Waals surface area contributed by atoms with Gasteiger partial charge in [0.2, 0.25) is 0 Å². The van der Waals surface area contributed by atoms with Gasteiger partial charge in [0.1, 0.15) is 11.5 Å². The fourth-order valence-corrected chi connectivity index (χ4v) is 1.69. The molecule has 0 heterocycles. The van der Waals surface area contributed by atoms with Crippen molar-refractivity contribution in [2.24, 2.45) is 5.92 Å². The standard InChI is InChI=1S/C14H21NO2/c1-4-15-10-11(2)13(16)9-12-7-5-6-8-14(12)17-3/h5-8,11,15H,4,9-10H2,1-3H3. The Balaban J connectivity index is 2.61. The quantitative estimate of drug-likeness (QED) is 0.786. The second-order valence-electron chi connectivity index (χ2n) is 4.16. The van der Waals surface area contributed by atoms with Gasteiger partial charge in [-0.25, -0.2) is 0 Å². The summed E-state index contributed by atoms with van der Waals surface area (Å²) in [5.74, 6) is 1.08. The highest BCUT2D eigenvalue weighted by atomic mass is 16.5. The van der Waals surface area contributed by atoms with E-state index in [1.54, 1.807) is 7.11 Å². The number of Topliss-reactive ketones (excluding diaryl/α,β-unsaturated/α-hetero) is 1. The summed E-state index contributed by atoms with van der Waals surface area (Å²) in [6, 6.07) is 7.67. The van der Waals surface area contributed by atoms with Crippen molar-refractivity contribution in [3.05, 3.63) is 29.8 Å². The van der Waals surface area contributed by atoms with E-state index >= 15 is 0 Å². The molecule has 1 unspecified atom stereocenters. The minimum atomic E-state index is 0.0415. The van der Waals surface area contributed by atoms with E-state index in [1.807, 2.05) is 38.1 Å². The molecule has 0 fully saturated rings. The first kappa shape index (κ1) is 13.7. The zero-order chi connectivity index (χ0) is 12.7. The van der Waals surface area contributed by atoms with E-state index in [0.717, 1.165) is 24.4 Å². The molecule has 1 aromatic rings. The summed E-state index contributed by atoms with van der Waals surface area (Å²) in [7, 11) is 1.63. The van der Waals surface area contributed by atoms with Gasteiger partial charge in [0.05, 0.1) is 7.11 Å². The van der Waals surface area contributed by atoms with Crippen molar-refractivity contribution in [3.63, 3.8) is 0 Å². The molecule has 1 aromatic carbocycles. The van der Waals surface area contributed by atoms with Crippen LogP contribution in [0.5, 0.6) is 5.75 Å². The number of ether oxygens (including phenoxy) is 1. The van der Waals surface area contributed by atoms with Crippen molar-refractivity contribution >= 4 is 5.78 Å². The first-order valence-electron chi connectivity index (χ1n) is 6.04. The van der Waals surface area contributed by atoms with Gasteiger partial charge in [-0.1, -0.05) is 32.0 Å². The molecular formula is C14H21NO2. The van der Waals surface area contributed by atoms with Gasteiger partial charge in [-0.05, 0) is 12.6 Å². The highest BCUT2D eigenvalue weighted by Gasteiger charge is 2.14. The van der Waals surface area contributed by atoms with E-state index in [0.29, 0.717) is 6.42 Å². The van der Waals surface area contributed by atoms with E-state index in [9.17, 15) is 4.79 Å². The Morgan fingerprint density at radius 3 is 2.76 bits per heavy atom. The zero-order valence-electron chi connectivity index (χ0n) is 10.8. The van der Waals surface area contributed by atoms with Gasteiger partial charge in [-0.3, -0.25) is 4.79 Å². The van der Waals surface area contributed by atoms with Gasteiger partial charge in [0.25, 0.3) is 0 Å². The number of carbonyl (C=O) groups is 1. The Morgan fingerprint density at radius 2 is 2.12 bits per heavy atom. The molecule has 0 aliphatic rings. The smallest absolute Gasteiger partial charge is 0.141 e. The summed E-state index contributed by atoms with van der Waals surface area (Å²) in [5.41, 5.74) is 0.961. The van der Waals surface area contributed by atoms with E-state index in [4.69, 9.17) is 4.74 Å². The van der Waals surface area contributed by atoms with Gasteiger partial charge in [-0.2, -0.15) is 0 Å². The highest BCUT2D eigenvalue weighted by molar-refractivity contribution is 5.83. The maximum Gasteiger partial charge on any atom is 0.141 e. The first-order chi connectivity index (χ1) is 8.19. The summed E-state index contributed by atoms with van der Waals surface area (Å²) < 4.78 is 5.24. The van der Waals surface area contributed by atoms with Crippen molar-refractivity contribution in [2.75, 3.05) is 20.2 Å². The number of hydrogen-bond donors (Lipinski definition) is 1. The van der Waals surface area contributed by atoms with Crippen LogP contribution in [0, 0.1) is 5.92 Å². The molecule has 0 saturated carbocycles. The third kappa shape index (κ3) is 4.19. The third-order valence-corrected chi connectivity index (χ3v) is 2.81.